The summed E-state index contributed by atoms with van der Waals surface area (Å²) in [5.74, 6) is -1.25. The number of furan rings is 1. The van der Waals surface area contributed by atoms with Gasteiger partial charge in [0, 0.05) is 34.4 Å². The molecule has 0 saturated carbocycles. The van der Waals surface area contributed by atoms with Crippen LogP contribution in [0.15, 0.2) is 82.6 Å². The first kappa shape index (κ1) is 23.4. The van der Waals surface area contributed by atoms with Gasteiger partial charge in [-0.15, -0.1) is 0 Å². The van der Waals surface area contributed by atoms with Crippen molar-refractivity contribution in [2.75, 3.05) is 18.6 Å². The number of fused-ring (bicyclic) bond motifs is 1. The van der Waals surface area contributed by atoms with Crippen LogP contribution in [-0.2, 0) is 4.79 Å². The predicted octanol–water partition coefficient (Wildman–Crippen LogP) is 5.67. The van der Waals surface area contributed by atoms with Gasteiger partial charge in [0.05, 0.1) is 25.0 Å². The third-order valence-corrected chi connectivity index (χ3v) is 6.04. The minimum atomic E-state index is -0.998. The summed E-state index contributed by atoms with van der Waals surface area (Å²) in [6.45, 7) is 2.29. The summed E-state index contributed by atoms with van der Waals surface area (Å²) in [6, 6.07) is 15.7. The lowest BCUT2D eigenvalue weighted by atomic mass is 9.98. The number of ether oxygens (including phenoxy) is 2. The van der Waals surface area contributed by atoms with Gasteiger partial charge < -0.3 is 19.0 Å². The highest BCUT2D eigenvalue weighted by atomic mass is 35.5. The summed E-state index contributed by atoms with van der Waals surface area (Å²) in [5.41, 5.74) is 1.01. The third kappa shape index (κ3) is 3.95. The van der Waals surface area contributed by atoms with Gasteiger partial charge >= 0.3 is 0 Å². The van der Waals surface area contributed by atoms with Crippen LogP contribution < -0.4 is 14.4 Å². The molecule has 36 heavy (non-hydrogen) atoms. The normalized spacial score (nSPS) is 15.6. The van der Waals surface area contributed by atoms with E-state index in [4.69, 9.17) is 25.5 Å². The minimum Gasteiger partial charge on any atom is -0.503 e. The molecule has 0 saturated heterocycles. The number of carbonyl (C=O) groups excluding carboxylic acids is 2. The van der Waals surface area contributed by atoms with E-state index < -0.39 is 23.5 Å². The lowest BCUT2D eigenvalue weighted by molar-refractivity contribution is -0.117. The number of methoxy groups -OCH3 is 1. The van der Waals surface area contributed by atoms with E-state index in [0.717, 1.165) is 0 Å². The number of ketones is 1. The van der Waals surface area contributed by atoms with E-state index in [0.29, 0.717) is 45.5 Å². The van der Waals surface area contributed by atoms with Gasteiger partial charge in [0.2, 0.25) is 5.78 Å². The number of rotatable bonds is 7. The number of amides is 1. The van der Waals surface area contributed by atoms with Crippen molar-refractivity contribution >= 4 is 39.9 Å². The van der Waals surface area contributed by atoms with Crippen molar-refractivity contribution in [2.24, 2.45) is 0 Å². The zero-order chi connectivity index (χ0) is 25.4. The Hall–Kier alpha value is -4.30. The fourth-order valence-corrected chi connectivity index (χ4v) is 4.51. The Bertz CT molecular complexity index is 1510. The topological polar surface area (TPSA) is 102 Å². The fraction of sp³-hybridized carbons (Fsp3) is 0.148. The van der Waals surface area contributed by atoms with Crippen molar-refractivity contribution in [1.82, 2.24) is 4.98 Å². The van der Waals surface area contributed by atoms with Crippen molar-refractivity contribution in [3.8, 4) is 11.5 Å². The van der Waals surface area contributed by atoms with Crippen molar-refractivity contribution < 1.29 is 28.6 Å². The smallest absolute Gasteiger partial charge is 0.294 e. The van der Waals surface area contributed by atoms with Crippen molar-refractivity contribution in [3.63, 3.8) is 0 Å². The van der Waals surface area contributed by atoms with Gasteiger partial charge in [0.25, 0.3) is 5.91 Å². The number of aliphatic hydroxyl groups excluding tert-OH is 1. The molecule has 4 aromatic rings. The maximum absolute atomic E-state index is 13.8. The van der Waals surface area contributed by atoms with E-state index in [9.17, 15) is 14.7 Å². The Kier molecular flexibility index (Phi) is 6.12. The van der Waals surface area contributed by atoms with Crippen molar-refractivity contribution in [3.05, 3.63) is 94.7 Å². The number of anilines is 1. The van der Waals surface area contributed by atoms with Gasteiger partial charge in [-0.05, 0) is 43.3 Å². The summed E-state index contributed by atoms with van der Waals surface area (Å²) < 4.78 is 16.7. The van der Waals surface area contributed by atoms with E-state index in [1.54, 1.807) is 60.8 Å². The standard InChI is InChI=1S/C27H21ClN2O6/c1-3-35-18-8-6-7-17(14-18)30-23(19-9-4-5-10-29-19)22(25(32)27(30)33)24(31)20-12-15-11-16(28)13-21(34-2)26(15)36-20/h4-14,23,32H,3H2,1-2H3. The fourth-order valence-electron chi connectivity index (χ4n) is 4.29. The number of pyridine rings is 1. The molecular formula is C27H21ClN2O6. The van der Waals surface area contributed by atoms with Crippen LogP contribution in [0.4, 0.5) is 5.69 Å². The SMILES string of the molecule is CCOc1cccc(N2C(=O)C(O)=C(C(=O)c3cc4cc(Cl)cc(OC)c4o3)C2c2ccccn2)c1. The molecule has 3 heterocycles. The van der Waals surface area contributed by atoms with E-state index in [2.05, 4.69) is 4.98 Å². The van der Waals surface area contributed by atoms with Crippen molar-refractivity contribution in [2.45, 2.75) is 13.0 Å². The quantitative estimate of drug-likeness (QED) is 0.323. The number of benzene rings is 2. The van der Waals surface area contributed by atoms with Gasteiger partial charge in [-0.1, -0.05) is 23.7 Å². The van der Waals surface area contributed by atoms with Crippen LogP contribution in [0.25, 0.3) is 11.0 Å². The molecular weight excluding hydrogens is 484 g/mol. The van der Waals surface area contributed by atoms with Crippen LogP contribution >= 0.6 is 11.6 Å². The molecule has 1 aliphatic heterocycles. The average molecular weight is 505 g/mol. The summed E-state index contributed by atoms with van der Waals surface area (Å²) >= 11 is 6.16. The molecule has 0 radical (unpaired) electrons. The lowest BCUT2D eigenvalue weighted by Crippen LogP contribution is -2.31. The van der Waals surface area contributed by atoms with Crippen LogP contribution in [0, 0.1) is 0 Å². The summed E-state index contributed by atoms with van der Waals surface area (Å²) in [5, 5.41) is 11.9. The number of carbonyl (C=O) groups is 2. The molecule has 0 spiro atoms. The second-order valence-corrected chi connectivity index (χ2v) is 8.43. The number of hydrogen-bond acceptors (Lipinski definition) is 7. The average Bonchev–Trinajstić information content (AvgIpc) is 3.43. The largest absolute Gasteiger partial charge is 0.503 e. The summed E-state index contributed by atoms with van der Waals surface area (Å²) in [6.07, 6.45) is 1.56. The van der Waals surface area contributed by atoms with Gasteiger partial charge in [-0.25, -0.2) is 0 Å². The Morgan fingerprint density at radius 1 is 1.17 bits per heavy atom. The highest BCUT2D eigenvalue weighted by Gasteiger charge is 2.46. The van der Waals surface area contributed by atoms with Crippen molar-refractivity contribution in [1.29, 1.82) is 0 Å². The number of aliphatic hydroxyl groups is 1. The van der Waals surface area contributed by atoms with Gasteiger partial charge in [-0.2, -0.15) is 0 Å². The Balaban J connectivity index is 1.64. The highest BCUT2D eigenvalue weighted by molar-refractivity contribution is 6.31. The van der Waals surface area contributed by atoms with Crippen LogP contribution in [0.5, 0.6) is 11.5 Å². The molecule has 1 amide bonds. The molecule has 1 aliphatic rings. The monoisotopic (exact) mass is 504 g/mol. The molecule has 0 aliphatic carbocycles. The maximum atomic E-state index is 13.8. The molecule has 1 unspecified atom stereocenters. The molecule has 9 heteroatoms. The first-order chi connectivity index (χ1) is 17.4. The van der Waals surface area contributed by atoms with Crippen LogP contribution in [0.3, 0.4) is 0 Å². The minimum absolute atomic E-state index is 0.0780. The van der Waals surface area contributed by atoms with Crippen LogP contribution in [-0.4, -0.2) is 35.5 Å². The highest BCUT2D eigenvalue weighted by Crippen LogP contribution is 2.43. The predicted molar refractivity (Wildman–Crippen MR) is 134 cm³/mol. The van der Waals surface area contributed by atoms with Crippen LogP contribution in [0.2, 0.25) is 5.02 Å². The first-order valence-corrected chi connectivity index (χ1v) is 11.5. The zero-order valence-corrected chi connectivity index (χ0v) is 20.2. The molecule has 2 aromatic heterocycles. The third-order valence-electron chi connectivity index (χ3n) is 5.82. The zero-order valence-electron chi connectivity index (χ0n) is 19.4. The van der Waals surface area contributed by atoms with Gasteiger partial charge in [-0.3, -0.25) is 19.5 Å². The molecule has 0 bridgehead atoms. The molecule has 182 valence electrons. The van der Waals surface area contributed by atoms with E-state index >= 15 is 0 Å². The molecule has 5 rings (SSSR count). The Morgan fingerprint density at radius 3 is 2.72 bits per heavy atom. The van der Waals surface area contributed by atoms with Gasteiger partial charge in [0.15, 0.2) is 22.9 Å². The summed E-state index contributed by atoms with van der Waals surface area (Å²) in [7, 11) is 1.46. The number of hydrogen-bond donors (Lipinski definition) is 1. The Labute approximate surface area is 211 Å². The maximum Gasteiger partial charge on any atom is 0.294 e. The van der Waals surface area contributed by atoms with E-state index in [-0.39, 0.29) is 11.3 Å². The first-order valence-electron chi connectivity index (χ1n) is 11.1. The van der Waals surface area contributed by atoms with Gasteiger partial charge in [0.1, 0.15) is 11.8 Å². The molecule has 1 N–H and O–H groups in total. The lowest BCUT2D eigenvalue weighted by Gasteiger charge is -2.26. The number of Topliss-reactive ketones (excluding diaryl/α,β-unsaturated/α-hetero) is 1. The number of aromatic nitrogens is 1. The second-order valence-electron chi connectivity index (χ2n) is 7.99. The van der Waals surface area contributed by atoms with Crippen LogP contribution in [0.1, 0.15) is 29.2 Å². The molecule has 8 nitrogen and oxygen atoms in total. The number of nitrogens with zero attached hydrogens (tertiary/aromatic N) is 2. The molecule has 2 aromatic carbocycles. The molecule has 0 fully saturated rings. The van der Waals surface area contributed by atoms with E-state index in [1.165, 1.54) is 18.1 Å². The summed E-state index contributed by atoms with van der Waals surface area (Å²) in [4.78, 5) is 32.8. The van der Waals surface area contributed by atoms with E-state index in [1.807, 2.05) is 6.92 Å². The second kappa shape index (κ2) is 9.39. The molecule has 1 atom stereocenters. The number of halogens is 1. The Morgan fingerprint density at radius 2 is 2.00 bits per heavy atom.